The van der Waals surface area contributed by atoms with E-state index in [1.807, 2.05) is 25.1 Å². The molecule has 0 aliphatic heterocycles. The van der Waals surface area contributed by atoms with Gasteiger partial charge in [0.05, 0.1) is 20.3 Å². The van der Waals surface area contributed by atoms with E-state index in [2.05, 4.69) is 19.2 Å². The molecule has 0 heterocycles. The van der Waals surface area contributed by atoms with Gasteiger partial charge in [-0.25, -0.2) is 0 Å². The smallest absolute Gasteiger partial charge is 0.161 e. The van der Waals surface area contributed by atoms with Gasteiger partial charge >= 0.3 is 0 Å². The second-order valence-electron chi connectivity index (χ2n) is 5.06. The van der Waals surface area contributed by atoms with Gasteiger partial charge in [0.15, 0.2) is 11.5 Å². The molecule has 1 N–H and O–H groups in total. The quantitative estimate of drug-likeness (QED) is 0.669. The van der Waals surface area contributed by atoms with Crippen molar-refractivity contribution in [2.45, 2.75) is 27.3 Å². The average molecular weight is 281 g/mol. The molecule has 0 saturated heterocycles. The van der Waals surface area contributed by atoms with Gasteiger partial charge in [0.25, 0.3) is 0 Å². The van der Waals surface area contributed by atoms with E-state index >= 15 is 0 Å². The van der Waals surface area contributed by atoms with Crippen molar-refractivity contribution in [1.29, 1.82) is 0 Å². The van der Waals surface area contributed by atoms with Crippen LogP contribution < -0.4 is 14.8 Å². The van der Waals surface area contributed by atoms with Crippen LogP contribution in [0, 0.1) is 5.92 Å². The van der Waals surface area contributed by atoms with Gasteiger partial charge in [0.2, 0.25) is 0 Å². The molecule has 0 fully saturated rings. The fourth-order valence-electron chi connectivity index (χ4n) is 1.80. The van der Waals surface area contributed by atoms with Gasteiger partial charge in [-0.2, -0.15) is 0 Å². The van der Waals surface area contributed by atoms with Crippen molar-refractivity contribution in [2.75, 3.05) is 33.5 Å². The van der Waals surface area contributed by atoms with Crippen molar-refractivity contribution >= 4 is 0 Å². The molecule has 0 unspecified atom stereocenters. The van der Waals surface area contributed by atoms with E-state index in [-0.39, 0.29) is 0 Å². The Morgan fingerprint density at radius 1 is 1.20 bits per heavy atom. The molecule has 0 bridgehead atoms. The first kappa shape index (κ1) is 16.8. The number of methoxy groups -OCH3 is 1. The summed E-state index contributed by atoms with van der Waals surface area (Å²) in [4.78, 5) is 0. The van der Waals surface area contributed by atoms with Crippen molar-refractivity contribution in [2.24, 2.45) is 5.92 Å². The topological polar surface area (TPSA) is 39.7 Å². The Labute approximate surface area is 122 Å². The molecular formula is C16H27NO3. The number of ether oxygens (including phenoxy) is 3. The van der Waals surface area contributed by atoms with Gasteiger partial charge in [-0.3, -0.25) is 0 Å². The highest BCUT2D eigenvalue weighted by Gasteiger charge is 2.05. The first-order valence-corrected chi connectivity index (χ1v) is 7.25. The highest BCUT2D eigenvalue weighted by atomic mass is 16.5. The summed E-state index contributed by atoms with van der Waals surface area (Å²) < 4.78 is 16.4. The third kappa shape index (κ3) is 6.26. The molecule has 20 heavy (non-hydrogen) atoms. The standard InChI is InChI=1S/C16H27NO3/c1-5-20-16-10-14(6-7-15(16)18-4)11-17-8-9-19-12-13(2)3/h6-7,10,13,17H,5,8-9,11-12H2,1-4H3. The summed E-state index contributed by atoms with van der Waals surface area (Å²) in [5.74, 6) is 2.16. The summed E-state index contributed by atoms with van der Waals surface area (Å²) in [6.45, 7) is 10.1. The van der Waals surface area contributed by atoms with Gasteiger partial charge in [0.1, 0.15) is 0 Å². The predicted octanol–water partition coefficient (Wildman–Crippen LogP) is 2.86. The first-order chi connectivity index (χ1) is 9.67. The lowest BCUT2D eigenvalue weighted by Gasteiger charge is -2.12. The summed E-state index contributed by atoms with van der Waals surface area (Å²) in [6, 6.07) is 6.00. The van der Waals surface area contributed by atoms with Crippen LogP contribution in [0.3, 0.4) is 0 Å². The SMILES string of the molecule is CCOc1cc(CNCCOCC(C)C)ccc1OC. The summed E-state index contributed by atoms with van der Waals surface area (Å²) in [5, 5.41) is 3.36. The largest absolute Gasteiger partial charge is 0.493 e. The van der Waals surface area contributed by atoms with Crippen molar-refractivity contribution in [1.82, 2.24) is 5.32 Å². The van der Waals surface area contributed by atoms with E-state index in [1.165, 1.54) is 5.56 Å². The maximum Gasteiger partial charge on any atom is 0.161 e. The second kappa shape index (κ2) is 9.61. The van der Waals surface area contributed by atoms with Gasteiger partial charge in [0, 0.05) is 19.7 Å². The molecule has 0 radical (unpaired) electrons. The number of hydrogen-bond acceptors (Lipinski definition) is 4. The zero-order chi connectivity index (χ0) is 14.8. The molecule has 114 valence electrons. The Kier molecular flexibility index (Phi) is 8.07. The predicted molar refractivity (Wildman–Crippen MR) is 81.5 cm³/mol. The van der Waals surface area contributed by atoms with Crippen LogP contribution >= 0.6 is 0 Å². The summed E-state index contributed by atoms with van der Waals surface area (Å²) in [7, 11) is 1.65. The molecule has 4 nitrogen and oxygen atoms in total. The van der Waals surface area contributed by atoms with Crippen LogP contribution in [0.1, 0.15) is 26.3 Å². The first-order valence-electron chi connectivity index (χ1n) is 7.25. The van der Waals surface area contributed by atoms with Gasteiger partial charge in [-0.05, 0) is 30.5 Å². The van der Waals surface area contributed by atoms with E-state index in [0.29, 0.717) is 12.5 Å². The molecule has 0 aliphatic carbocycles. The number of rotatable bonds is 10. The molecule has 0 saturated carbocycles. The van der Waals surface area contributed by atoms with E-state index in [1.54, 1.807) is 7.11 Å². The molecule has 1 rings (SSSR count). The molecule has 0 spiro atoms. The summed E-state index contributed by atoms with van der Waals surface area (Å²) >= 11 is 0. The van der Waals surface area contributed by atoms with E-state index in [4.69, 9.17) is 14.2 Å². The molecule has 4 heteroatoms. The van der Waals surface area contributed by atoms with Crippen LogP contribution in [0.2, 0.25) is 0 Å². The number of nitrogens with one attached hydrogen (secondary N) is 1. The molecule has 1 aromatic rings. The minimum atomic E-state index is 0.588. The molecule has 1 aromatic carbocycles. The van der Waals surface area contributed by atoms with E-state index < -0.39 is 0 Å². The Bertz CT molecular complexity index is 380. The Balaban J connectivity index is 2.34. The van der Waals surface area contributed by atoms with Crippen LogP contribution in [0.4, 0.5) is 0 Å². The zero-order valence-electron chi connectivity index (χ0n) is 13.1. The highest BCUT2D eigenvalue weighted by molar-refractivity contribution is 5.42. The second-order valence-corrected chi connectivity index (χ2v) is 5.06. The molecule has 0 atom stereocenters. The fourth-order valence-corrected chi connectivity index (χ4v) is 1.80. The highest BCUT2D eigenvalue weighted by Crippen LogP contribution is 2.27. The molecule has 0 aliphatic rings. The lowest BCUT2D eigenvalue weighted by molar-refractivity contribution is 0.111. The van der Waals surface area contributed by atoms with E-state index in [9.17, 15) is 0 Å². The minimum absolute atomic E-state index is 0.588. The summed E-state index contributed by atoms with van der Waals surface area (Å²) in [5.41, 5.74) is 1.18. The monoisotopic (exact) mass is 281 g/mol. The van der Waals surface area contributed by atoms with Gasteiger partial charge in [-0.15, -0.1) is 0 Å². The maximum atomic E-state index is 5.56. The Morgan fingerprint density at radius 3 is 2.65 bits per heavy atom. The summed E-state index contributed by atoms with van der Waals surface area (Å²) in [6.07, 6.45) is 0. The Hall–Kier alpha value is -1.26. The normalized spacial score (nSPS) is 10.8. The minimum Gasteiger partial charge on any atom is -0.493 e. The number of benzene rings is 1. The van der Waals surface area contributed by atoms with Crippen LogP contribution in [-0.4, -0.2) is 33.5 Å². The van der Waals surface area contributed by atoms with Crippen LogP contribution in [0.25, 0.3) is 0 Å². The zero-order valence-corrected chi connectivity index (χ0v) is 13.1. The van der Waals surface area contributed by atoms with Gasteiger partial charge < -0.3 is 19.5 Å². The third-order valence-corrected chi connectivity index (χ3v) is 2.73. The van der Waals surface area contributed by atoms with Crippen LogP contribution in [-0.2, 0) is 11.3 Å². The van der Waals surface area contributed by atoms with Crippen molar-refractivity contribution in [3.05, 3.63) is 23.8 Å². The lowest BCUT2D eigenvalue weighted by Crippen LogP contribution is -2.20. The van der Waals surface area contributed by atoms with Crippen molar-refractivity contribution < 1.29 is 14.2 Å². The van der Waals surface area contributed by atoms with Crippen molar-refractivity contribution in [3.63, 3.8) is 0 Å². The third-order valence-electron chi connectivity index (χ3n) is 2.73. The van der Waals surface area contributed by atoms with Crippen LogP contribution in [0.15, 0.2) is 18.2 Å². The fraction of sp³-hybridized carbons (Fsp3) is 0.625. The van der Waals surface area contributed by atoms with E-state index in [0.717, 1.165) is 37.8 Å². The number of hydrogen-bond donors (Lipinski definition) is 1. The van der Waals surface area contributed by atoms with Gasteiger partial charge in [-0.1, -0.05) is 19.9 Å². The molecule has 0 amide bonds. The van der Waals surface area contributed by atoms with Crippen molar-refractivity contribution in [3.8, 4) is 11.5 Å². The average Bonchev–Trinajstić information content (AvgIpc) is 2.43. The van der Waals surface area contributed by atoms with Crippen LogP contribution in [0.5, 0.6) is 11.5 Å². The maximum absolute atomic E-state index is 5.56. The lowest BCUT2D eigenvalue weighted by atomic mass is 10.2. The molecular weight excluding hydrogens is 254 g/mol. The Morgan fingerprint density at radius 2 is 2.00 bits per heavy atom. The molecule has 0 aromatic heterocycles.